The smallest absolute Gasteiger partial charge is 0.409 e. The van der Waals surface area contributed by atoms with E-state index in [1.54, 1.807) is 45.0 Å². The van der Waals surface area contributed by atoms with Gasteiger partial charge in [0.05, 0.1) is 18.9 Å². The summed E-state index contributed by atoms with van der Waals surface area (Å²) < 4.78 is 29.3. The molecule has 0 spiro atoms. The number of carbonyl (C=O) groups is 3. The summed E-state index contributed by atoms with van der Waals surface area (Å²) >= 11 is 6.78. The van der Waals surface area contributed by atoms with Gasteiger partial charge in [-0.15, -0.1) is 0 Å². The number of aliphatic hydroxyl groups excluding tert-OH is 1. The van der Waals surface area contributed by atoms with Crippen molar-refractivity contribution in [2.75, 3.05) is 46.8 Å². The number of allylic oxidation sites excluding steroid dienone is 3. The lowest BCUT2D eigenvalue weighted by atomic mass is 9.83. The van der Waals surface area contributed by atoms with E-state index in [0.29, 0.717) is 24.4 Å². The number of benzene rings is 1. The second-order valence-corrected chi connectivity index (χ2v) is 14.3. The Hall–Kier alpha value is -3.40. The number of anilines is 1. The first-order chi connectivity index (χ1) is 24.0. The molecule has 15 heteroatoms. The van der Waals surface area contributed by atoms with Crippen LogP contribution >= 0.6 is 11.6 Å². The van der Waals surface area contributed by atoms with Gasteiger partial charge in [-0.3, -0.25) is 10.1 Å². The Morgan fingerprint density at radius 2 is 2.00 bits per heavy atom. The summed E-state index contributed by atoms with van der Waals surface area (Å²) in [5, 5.41) is 29.2. The lowest BCUT2D eigenvalue weighted by Gasteiger charge is -2.42. The van der Waals surface area contributed by atoms with Gasteiger partial charge in [-0.2, -0.15) is 0 Å². The summed E-state index contributed by atoms with van der Waals surface area (Å²) in [4.78, 5) is 42.1. The number of epoxide rings is 1. The van der Waals surface area contributed by atoms with Crippen LogP contribution in [0.4, 0.5) is 10.5 Å². The molecule has 51 heavy (non-hydrogen) atoms. The van der Waals surface area contributed by atoms with Crippen LogP contribution in [-0.4, -0.2) is 123 Å². The second-order valence-electron chi connectivity index (χ2n) is 13.9. The van der Waals surface area contributed by atoms with Crippen molar-refractivity contribution in [2.45, 2.75) is 101 Å². The van der Waals surface area contributed by atoms with Crippen molar-refractivity contribution in [3.63, 3.8) is 0 Å². The Morgan fingerprint density at radius 3 is 2.65 bits per heavy atom. The highest BCUT2D eigenvalue weighted by molar-refractivity contribution is 6.34. The van der Waals surface area contributed by atoms with Gasteiger partial charge in [0.15, 0.2) is 5.72 Å². The van der Waals surface area contributed by atoms with Gasteiger partial charge in [0.1, 0.15) is 47.0 Å². The molecule has 2 amide bonds. The number of halogens is 1. The number of nitrogens with zero attached hydrogens (tertiary/aromatic N) is 2. The first-order valence-electron chi connectivity index (χ1n) is 17.1. The van der Waals surface area contributed by atoms with Crippen LogP contribution in [0, 0.1) is 5.92 Å². The minimum Gasteiger partial charge on any atom is -0.495 e. The van der Waals surface area contributed by atoms with E-state index >= 15 is 0 Å². The number of fused-ring (bicyclic) bond motifs is 5. The Balaban J connectivity index is 1.76. The van der Waals surface area contributed by atoms with Crippen LogP contribution in [0.3, 0.4) is 0 Å². The lowest BCUT2D eigenvalue weighted by Crippen LogP contribution is -2.63. The zero-order chi connectivity index (χ0) is 37.8. The number of amides is 2. The minimum atomic E-state index is -1.81. The predicted molar refractivity (Wildman–Crippen MR) is 190 cm³/mol. The van der Waals surface area contributed by atoms with Crippen molar-refractivity contribution in [2.24, 2.45) is 5.92 Å². The third kappa shape index (κ3) is 8.98. The fourth-order valence-electron chi connectivity index (χ4n) is 6.76. The highest BCUT2D eigenvalue weighted by Crippen LogP contribution is 2.49. The fraction of sp³-hybridized carbons (Fsp3) is 0.639. The van der Waals surface area contributed by atoms with E-state index in [1.165, 1.54) is 26.2 Å². The molecular weight excluding hydrogens is 684 g/mol. The van der Waals surface area contributed by atoms with Crippen molar-refractivity contribution in [3.8, 4) is 5.75 Å². The molecule has 1 aromatic carbocycles. The van der Waals surface area contributed by atoms with Gasteiger partial charge in [0.25, 0.3) is 0 Å². The third-order valence-electron chi connectivity index (χ3n) is 10.3. The summed E-state index contributed by atoms with van der Waals surface area (Å²) in [5.74, 6) is -1.00. The van der Waals surface area contributed by atoms with E-state index in [1.807, 2.05) is 32.1 Å². The Labute approximate surface area is 305 Å². The molecule has 4 rings (SSSR count). The van der Waals surface area contributed by atoms with Gasteiger partial charge in [-0.25, -0.2) is 9.59 Å². The Morgan fingerprint density at radius 1 is 1.29 bits per heavy atom. The number of esters is 1. The minimum absolute atomic E-state index is 0.0299. The number of rotatable bonds is 8. The quantitative estimate of drug-likeness (QED) is 0.228. The number of hydrogen-bond donors (Lipinski definition) is 4. The van der Waals surface area contributed by atoms with Crippen LogP contribution in [0.1, 0.15) is 52.5 Å². The zero-order valence-corrected chi connectivity index (χ0v) is 31.7. The molecule has 4 N–H and O–H groups in total. The molecule has 0 aliphatic carbocycles. The first-order valence-corrected chi connectivity index (χ1v) is 17.5. The lowest BCUT2D eigenvalue weighted by molar-refractivity contribution is -0.162. The number of methoxy groups -OCH3 is 2. The summed E-state index contributed by atoms with van der Waals surface area (Å²) in [6.07, 6.45) is 0.411. The molecule has 1 unspecified atom stereocenters. The molecule has 3 aliphatic rings. The molecule has 284 valence electrons. The SMILES string of the molecule is CNCCC(=O)N(C)[C@@H](C)C(=O)O[C@H]1CC(O)N(C)c2cc(cc(OC)c2Cl)C/C(C)=C/C=C/[C@@H](OC)[C@@]2(O)C[C@H](OC(=O)N2)[C@@H](C)[C@@H]2O[C@@]12C. The number of likely N-dealkylation sites (N-methyl/N-ethyl adjacent to an activating group) is 1. The normalized spacial score (nSPS) is 33.4. The molecule has 0 saturated carbocycles. The van der Waals surface area contributed by atoms with Gasteiger partial charge in [0.2, 0.25) is 5.91 Å². The molecule has 0 aromatic heterocycles. The van der Waals surface area contributed by atoms with E-state index in [4.69, 9.17) is 35.3 Å². The summed E-state index contributed by atoms with van der Waals surface area (Å²) in [6, 6.07) is 2.74. The second kappa shape index (κ2) is 16.5. The number of aliphatic hydroxyl groups is 2. The van der Waals surface area contributed by atoms with E-state index in [-0.39, 0.29) is 30.2 Å². The Kier molecular flexibility index (Phi) is 13.1. The van der Waals surface area contributed by atoms with Gasteiger partial charge < -0.3 is 49.0 Å². The molecule has 1 aromatic rings. The van der Waals surface area contributed by atoms with E-state index in [2.05, 4.69) is 10.6 Å². The van der Waals surface area contributed by atoms with Crippen LogP contribution in [-0.2, 0) is 35.0 Å². The molecule has 14 nitrogen and oxygen atoms in total. The van der Waals surface area contributed by atoms with E-state index in [9.17, 15) is 24.6 Å². The Bertz CT molecular complexity index is 1510. The molecular formula is C36H53ClN4O10. The number of ether oxygens (including phenoxy) is 5. The molecule has 2 saturated heterocycles. The first kappa shape index (κ1) is 40.4. The third-order valence-corrected chi connectivity index (χ3v) is 10.6. The van der Waals surface area contributed by atoms with Crippen LogP contribution in [0.5, 0.6) is 5.75 Å². The standard InChI is InChI=1S/C36H53ClN4O10/c1-20-11-10-12-27(48-9)36(46)19-26(49-34(45)39-36)21(2)32-35(4,51-32)28(50-33(44)22(3)40(6)29(42)13-14-38-5)18-30(43)41(7)24-16-23(15-20)17-25(47-8)31(24)37/h10-12,16-17,21-22,26-28,30,32,38,43,46H,13-15,18-19H2,1-9H3,(H,39,45)/b12-10+,20-11+/t21-,22+,26+,27-,28+,30?,32+,35+,36+/m1/s1. The molecule has 4 bridgehead atoms. The monoisotopic (exact) mass is 736 g/mol. The summed E-state index contributed by atoms with van der Waals surface area (Å²) in [6.45, 7) is 7.54. The fourth-order valence-corrected chi connectivity index (χ4v) is 7.08. The van der Waals surface area contributed by atoms with Crippen molar-refractivity contribution >= 4 is 35.3 Å². The van der Waals surface area contributed by atoms with Crippen molar-refractivity contribution in [1.29, 1.82) is 0 Å². The van der Waals surface area contributed by atoms with Gasteiger partial charge >= 0.3 is 12.1 Å². The number of alkyl carbamates (subject to hydrolysis) is 1. The van der Waals surface area contributed by atoms with E-state index < -0.39 is 66.0 Å². The number of carbonyl (C=O) groups excluding carboxylic acids is 3. The largest absolute Gasteiger partial charge is 0.495 e. The summed E-state index contributed by atoms with van der Waals surface area (Å²) in [7, 11) is 7.89. The van der Waals surface area contributed by atoms with Crippen LogP contribution in [0.2, 0.25) is 5.02 Å². The van der Waals surface area contributed by atoms with E-state index in [0.717, 1.165) is 11.1 Å². The highest BCUT2D eigenvalue weighted by Gasteiger charge is 2.64. The maximum Gasteiger partial charge on any atom is 0.409 e. The maximum absolute atomic E-state index is 13.7. The molecule has 9 atom stereocenters. The zero-order valence-electron chi connectivity index (χ0n) is 30.9. The topological polar surface area (TPSA) is 172 Å². The van der Waals surface area contributed by atoms with Crippen LogP contribution in [0.25, 0.3) is 0 Å². The van der Waals surface area contributed by atoms with Crippen molar-refractivity contribution in [1.82, 2.24) is 15.5 Å². The molecule has 0 radical (unpaired) electrons. The molecule has 2 fully saturated rings. The van der Waals surface area contributed by atoms with Crippen LogP contribution < -0.4 is 20.3 Å². The van der Waals surface area contributed by atoms with Crippen molar-refractivity contribution in [3.05, 3.63) is 46.5 Å². The van der Waals surface area contributed by atoms with Gasteiger partial charge in [-0.1, -0.05) is 42.3 Å². The summed E-state index contributed by atoms with van der Waals surface area (Å²) in [5.41, 5.74) is -0.658. The van der Waals surface area contributed by atoms with Gasteiger partial charge in [-0.05, 0) is 51.9 Å². The molecule has 3 heterocycles. The maximum atomic E-state index is 13.7. The number of nitrogens with one attached hydrogen (secondary N) is 2. The average Bonchev–Trinajstić information content (AvgIpc) is 3.79. The van der Waals surface area contributed by atoms with Crippen LogP contribution in [0.15, 0.2) is 35.9 Å². The van der Waals surface area contributed by atoms with Crippen molar-refractivity contribution < 1.29 is 48.3 Å². The number of hydrogen-bond acceptors (Lipinski definition) is 12. The molecule has 3 aliphatic heterocycles. The predicted octanol–water partition coefficient (Wildman–Crippen LogP) is 2.92. The highest BCUT2D eigenvalue weighted by atomic mass is 35.5. The van der Waals surface area contributed by atoms with Gasteiger partial charge in [0, 0.05) is 52.9 Å². The average molecular weight is 737 g/mol.